The summed E-state index contributed by atoms with van der Waals surface area (Å²) in [5, 5.41) is 20.8. The second kappa shape index (κ2) is 6.27. The topological polar surface area (TPSA) is 67.9 Å². The molecule has 0 unspecified atom stereocenters. The van der Waals surface area contributed by atoms with Crippen molar-refractivity contribution in [1.29, 1.82) is 10.5 Å². The number of ketones is 1. The Hall–Kier alpha value is -3.08. The maximum atomic E-state index is 12.8. The lowest BCUT2D eigenvalue weighted by atomic mass is 9.69. The summed E-state index contributed by atoms with van der Waals surface area (Å²) < 4.78 is 0. The molecule has 0 aromatic heterocycles. The van der Waals surface area contributed by atoms with Crippen LogP contribution in [0.3, 0.4) is 0 Å². The fourth-order valence-corrected chi connectivity index (χ4v) is 4.56. The van der Waals surface area contributed by atoms with Gasteiger partial charge < -0.3 is 4.90 Å². The lowest BCUT2D eigenvalue weighted by Gasteiger charge is -2.35. The molecule has 2 aliphatic rings. The number of nitrogens with zero attached hydrogens (tertiary/aromatic N) is 3. The Kier molecular flexibility index (Phi) is 4.02. The molecule has 0 saturated carbocycles. The third-order valence-corrected chi connectivity index (χ3v) is 5.81. The lowest BCUT2D eigenvalue weighted by molar-refractivity contribution is -0.118. The highest BCUT2D eigenvalue weighted by Gasteiger charge is 2.62. The number of Topliss-reactive ketones (excluding diaryl/α,β-unsaturated/α-hetero) is 1. The van der Waals surface area contributed by atoms with Crippen LogP contribution in [0.4, 0.5) is 5.69 Å². The van der Waals surface area contributed by atoms with Crippen LogP contribution in [0, 0.1) is 28.1 Å². The molecule has 3 atom stereocenters. The zero-order valence-electron chi connectivity index (χ0n) is 14.6. The molecular formula is C22H16ClN3O. The molecule has 2 aliphatic heterocycles. The number of benzene rings is 2. The number of carbonyl (C=O) groups is 1. The first-order valence-electron chi connectivity index (χ1n) is 8.67. The van der Waals surface area contributed by atoms with E-state index in [-0.39, 0.29) is 5.78 Å². The molecule has 132 valence electrons. The highest BCUT2D eigenvalue weighted by atomic mass is 35.5. The minimum atomic E-state index is -1.38. The third-order valence-electron chi connectivity index (χ3n) is 5.56. The van der Waals surface area contributed by atoms with E-state index in [1.807, 2.05) is 41.3 Å². The number of para-hydroxylation sites is 1. The van der Waals surface area contributed by atoms with E-state index in [2.05, 4.69) is 12.1 Å². The minimum Gasteiger partial charge on any atom is -0.351 e. The van der Waals surface area contributed by atoms with Gasteiger partial charge in [0.05, 0.1) is 24.2 Å². The molecular weight excluding hydrogens is 358 g/mol. The minimum absolute atomic E-state index is 0.0718. The third kappa shape index (κ3) is 2.38. The first kappa shape index (κ1) is 17.3. The van der Waals surface area contributed by atoms with Gasteiger partial charge in [-0.2, -0.15) is 10.5 Å². The van der Waals surface area contributed by atoms with Crippen LogP contribution in [-0.4, -0.2) is 17.9 Å². The normalized spacial score (nSPS) is 24.4. The van der Waals surface area contributed by atoms with Crippen LogP contribution in [-0.2, 0) is 4.79 Å². The van der Waals surface area contributed by atoms with Gasteiger partial charge in [-0.3, -0.25) is 4.79 Å². The number of rotatable bonds is 2. The molecule has 0 aliphatic carbocycles. The lowest BCUT2D eigenvalue weighted by Crippen LogP contribution is -2.43. The molecule has 2 aromatic rings. The van der Waals surface area contributed by atoms with Gasteiger partial charge in [-0.1, -0.05) is 54.1 Å². The van der Waals surface area contributed by atoms with Crippen molar-refractivity contribution >= 4 is 29.1 Å². The second-order valence-electron chi connectivity index (χ2n) is 6.95. The Balaban J connectivity index is 1.99. The van der Waals surface area contributed by atoms with Gasteiger partial charge in [0.25, 0.3) is 0 Å². The van der Waals surface area contributed by atoms with E-state index < -0.39 is 23.4 Å². The second-order valence-corrected chi connectivity index (χ2v) is 7.38. The standard InChI is InChI=1S/C22H16ClN3O/c1-14(27)21-20(16-6-9-17(23)10-7-16)22(12-24,13-25)19-11-8-15-4-2-3-5-18(15)26(19)21/h2-11,19-21H,1H3/t19-,20+,21-/m1/s1. The number of hydrogen-bond donors (Lipinski definition) is 0. The number of anilines is 1. The van der Waals surface area contributed by atoms with Gasteiger partial charge in [-0.25, -0.2) is 0 Å². The zero-order chi connectivity index (χ0) is 19.2. The molecule has 2 aromatic carbocycles. The molecule has 4 rings (SSSR count). The fourth-order valence-electron chi connectivity index (χ4n) is 4.43. The van der Waals surface area contributed by atoms with Gasteiger partial charge in [0.15, 0.2) is 11.2 Å². The smallest absolute Gasteiger partial charge is 0.176 e. The summed E-state index contributed by atoms with van der Waals surface area (Å²) in [5.41, 5.74) is 1.23. The number of halogens is 1. The summed E-state index contributed by atoms with van der Waals surface area (Å²) in [6.07, 6.45) is 3.81. The predicted octanol–water partition coefficient (Wildman–Crippen LogP) is 4.33. The van der Waals surface area contributed by atoms with Gasteiger partial charge in [0, 0.05) is 16.6 Å². The van der Waals surface area contributed by atoms with Gasteiger partial charge >= 0.3 is 0 Å². The van der Waals surface area contributed by atoms with Crippen LogP contribution < -0.4 is 4.90 Å². The Labute approximate surface area is 162 Å². The van der Waals surface area contributed by atoms with Crippen molar-refractivity contribution < 1.29 is 4.79 Å². The zero-order valence-corrected chi connectivity index (χ0v) is 15.4. The SMILES string of the molecule is CC(=O)[C@@H]1[C@H](c2ccc(Cl)cc2)C(C#N)(C#N)[C@H]2C=Cc3ccccc3N12. The van der Waals surface area contributed by atoms with Crippen LogP contribution >= 0.6 is 11.6 Å². The Bertz CT molecular complexity index is 1010. The average molecular weight is 374 g/mol. The van der Waals surface area contributed by atoms with Crippen molar-refractivity contribution in [2.45, 2.75) is 24.9 Å². The van der Waals surface area contributed by atoms with E-state index in [0.717, 1.165) is 16.8 Å². The number of carbonyl (C=O) groups excluding carboxylic acids is 1. The van der Waals surface area contributed by atoms with Crippen molar-refractivity contribution in [2.24, 2.45) is 5.41 Å². The summed E-state index contributed by atoms with van der Waals surface area (Å²) in [4.78, 5) is 14.7. The molecule has 2 heterocycles. The first-order chi connectivity index (χ1) is 13.0. The number of fused-ring (bicyclic) bond motifs is 3. The van der Waals surface area contributed by atoms with Gasteiger partial charge in [-0.05, 0) is 36.2 Å². The molecule has 0 radical (unpaired) electrons. The van der Waals surface area contributed by atoms with Crippen LogP contribution in [0.25, 0.3) is 6.08 Å². The molecule has 1 fully saturated rings. The predicted molar refractivity (Wildman–Crippen MR) is 104 cm³/mol. The van der Waals surface area contributed by atoms with E-state index in [0.29, 0.717) is 5.02 Å². The van der Waals surface area contributed by atoms with Crippen LogP contribution in [0.15, 0.2) is 54.6 Å². The number of hydrogen-bond acceptors (Lipinski definition) is 4. The molecule has 4 nitrogen and oxygen atoms in total. The van der Waals surface area contributed by atoms with Gasteiger partial charge in [0.1, 0.15) is 0 Å². The molecule has 0 N–H and O–H groups in total. The Morgan fingerprint density at radius 2 is 1.78 bits per heavy atom. The summed E-state index contributed by atoms with van der Waals surface area (Å²) in [6, 6.07) is 18.2. The van der Waals surface area contributed by atoms with Crippen LogP contribution in [0.1, 0.15) is 24.0 Å². The van der Waals surface area contributed by atoms with E-state index >= 15 is 0 Å². The maximum Gasteiger partial charge on any atom is 0.176 e. The van der Waals surface area contributed by atoms with Crippen LogP contribution in [0.5, 0.6) is 0 Å². The molecule has 0 amide bonds. The van der Waals surface area contributed by atoms with Crippen LogP contribution in [0.2, 0.25) is 5.02 Å². The Morgan fingerprint density at radius 3 is 2.41 bits per heavy atom. The van der Waals surface area contributed by atoms with E-state index in [1.54, 1.807) is 24.3 Å². The Morgan fingerprint density at radius 1 is 1.11 bits per heavy atom. The summed E-state index contributed by atoms with van der Waals surface area (Å²) in [5.74, 6) is -0.652. The molecule has 0 spiro atoms. The molecule has 0 bridgehead atoms. The van der Waals surface area contributed by atoms with E-state index in [4.69, 9.17) is 11.6 Å². The summed E-state index contributed by atoms with van der Waals surface area (Å²) in [7, 11) is 0. The van der Waals surface area contributed by atoms with Crippen molar-refractivity contribution in [3.63, 3.8) is 0 Å². The number of nitriles is 2. The van der Waals surface area contributed by atoms with Gasteiger partial charge in [0.2, 0.25) is 0 Å². The monoisotopic (exact) mass is 373 g/mol. The van der Waals surface area contributed by atoms with Gasteiger partial charge in [-0.15, -0.1) is 0 Å². The maximum absolute atomic E-state index is 12.8. The van der Waals surface area contributed by atoms with Crippen molar-refractivity contribution in [3.8, 4) is 12.1 Å². The first-order valence-corrected chi connectivity index (χ1v) is 9.05. The van der Waals surface area contributed by atoms with E-state index in [9.17, 15) is 15.3 Å². The highest BCUT2D eigenvalue weighted by molar-refractivity contribution is 6.30. The molecule has 5 heteroatoms. The average Bonchev–Trinajstić information content (AvgIpc) is 3.00. The van der Waals surface area contributed by atoms with Crippen molar-refractivity contribution in [3.05, 3.63) is 70.8 Å². The molecule has 27 heavy (non-hydrogen) atoms. The molecule has 1 saturated heterocycles. The van der Waals surface area contributed by atoms with Crippen molar-refractivity contribution in [2.75, 3.05) is 4.90 Å². The summed E-state index contributed by atoms with van der Waals surface area (Å²) >= 11 is 6.03. The highest BCUT2D eigenvalue weighted by Crippen LogP contribution is 2.55. The summed E-state index contributed by atoms with van der Waals surface area (Å²) in [6.45, 7) is 1.52. The fraction of sp³-hybridized carbons (Fsp3) is 0.227. The quantitative estimate of drug-likeness (QED) is 0.785. The largest absolute Gasteiger partial charge is 0.351 e. The van der Waals surface area contributed by atoms with E-state index in [1.165, 1.54) is 6.92 Å². The van der Waals surface area contributed by atoms with Crippen molar-refractivity contribution in [1.82, 2.24) is 0 Å².